The number of carbonyl (C=O) groups is 1. The van der Waals surface area contributed by atoms with Gasteiger partial charge in [-0.25, -0.2) is 9.36 Å². The van der Waals surface area contributed by atoms with Gasteiger partial charge in [0.2, 0.25) is 5.91 Å². The van der Waals surface area contributed by atoms with Crippen molar-refractivity contribution in [2.45, 2.75) is 6.42 Å². The zero-order chi connectivity index (χ0) is 50.9. The van der Waals surface area contributed by atoms with Crippen molar-refractivity contribution in [1.29, 1.82) is 0 Å². The maximum Gasteiger partial charge on any atom is 0.228 e. The van der Waals surface area contributed by atoms with Gasteiger partial charge in [-0.05, 0) is 182 Å². The van der Waals surface area contributed by atoms with Crippen molar-refractivity contribution < 1.29 is 4.79 Å². The van der Waals surface area contributed by atoms with E-state index in [1.54, 1.807) is 24.8 Å². The summed E-state index contributed by atoms with van der Waals surface area (Å²) in [5.74, 6) is 0.0112. The molecule has 0 aliphatic carbocycles. The molecule has 8 nitrogen and oxygen atoms in total. The second-order valence-electron chi connectivity index (χ2n) is 16.0. The molecule has 2 N–H and O–H groups in total. The van der Waals surface area contributed by atoms with E-state index >= 15 is 0 Å². The van der Waals surface area contributed by atoms with Gasteiger partial charge in [-0.15, -0.1) is 0 Å². The van der Waals surface area contributed by atoms with Gasteiger partial charge in [0.1, 0.15) is 0 Å². The Balaban J connectivity index is 0.000000136. The van der Waals surface area contributed by atoms with Crippen molar-refractivity contribution in [2.24, 2.45) is 0 Å². The minimum Gasteiger partial charge on any atom is -0.325 e. The number of hydrogen-bond acceptors (Lipinski definition) is 4. The summed E-state index contributed by atoms with van der Waals surface area (Å²) >= 11 is 22.4. The number of amides is 1. The first kappa shape index (κ1) is 53.1. The van der Waals surface area contributed by atoms with Crippen molar-refractivity contribution in [1.82, 2.24) is 29.8 Å². The Morgan fingerprint density at radius 3 is 1.21 bits per heavy atom. The molecule has 0 bridgehead atoms. The van der Waals surface area contributed by atoms with E-state index in [0.717, 1.165) is 62.8 Å². The lowest BCUT2D eigenvalue weighted by molar-refractivity contribution is -0.115. The van der Waals surface area contributed by atoms with Crippen LogP contribution in [0.3, 0.4) is 0 Å². The van der Waals surface area contributed by atoms with Crippen LogP contribution < -0.4 is 5.32 Å². The number of fused-ring (bicyclic) bond motifs is 1. The van der Waals surface area contributed by atoms with E-state index in [0.29, 0.717) is 11.4 Å². The van der Waals surface area contributed by atoms with Crippen LogP contribution in [-0.2, 0) is 11.2 Å². The molecule has 12 rings (SSSR count). The summed E-state index contributed by atoms with van der Waals surface area (Å²) in [4.78, 5) is 11.6. The monoisotopic (exact) mass is 1340 g/mol. The molecule has 1 aliphatic rings. The third kappa shape index (κ3) is 15.7. The van der Waals surface area contributed by atoms with Crippen LogP contribution in [-0.4, -0.2) is 35.7 Å². The van der Waals surface area contributed by atoms with Crippen LogP contribution in [0.2, 0.25) is 5.02 Å². The van der Waals surface area contributed by atoms with Gasteiger partial charge in [0, 0.05) is 69.9 Å². The predicted octanol–water partition coefficient (Wildman–Crippen LogP) is 18.0. The number of hydrogen-bond donors (Lipinski definition) is 2. The molecule has 4 heterocycles. The Kier molecular flexibility index (Phi) is 19.4. The van der Waals surface area contributed by atoms with Gasteiger partial charge in [-0.2, -0.15) is 15.3 Å². The average molecular weight is 1350 g/mol. The molecule has 3 aromatic heterocycles. The summed E-state index contributed by atoms with van der Waals surface area (Å²) in [6.45, 7) is 0. The molecule has 1 aliphatic heterocycles. The molecule has 0 saturated carbocycles. The van der Waals surface area contributed by atoms with Crippen molar-refractivity contribution in [3.8, 4) is 55.9 Å². The predicted molar refractivity (Wildman–Crippen MR) is 321 cm³/mol. The molecule has 362 valence electrons. The van der Waals surface area contributed by atoms with Crippen LogP contribution in [0.4, 0.5) is 5.69 Å². The molecular weight excluding hydrogens is 1300 g/mol. The summed E-state index contributed by atoms with van der Waals surface area (Å²) in [6.07, 6.45) is 11.3. The topological polar surface area (TPSA) is 93.4 Å². The van der Waals surface area contributed by atoms with Gasteiger partial charge < -0.3 is 5.32 Å². The normalized spacial score (nSPS) is 11.0. The zero-order valence-electron chi connectivity index (χ0n) is 38.6. The first-order valence-corrected chi connectivity index (χ1v) is 27.2. The molecule has 8 aromatic carbocycles. The number of nitrogens with zero attached hydrogens (tertiary/aromatic N) is 5. The average Bonchev–Trinajstić information content (AvgIpc) is 4.30. The molecule has 0 radical (unpaired) electrons. The number of H-pyrrole nitrogens is 1. The molecule has 0 atom stereocenters. The van der Waals surface area contributed by atoms with E-state index in [2.05, 4.69) is 270 Å². The summed E-state index contributed by atoms with van der Waals surface area (Å²) in [6, 6.07) is 67.6. The van der Waals surface area contributed by atoms with E-state index in [1.165, 1.54) is 25.8 Å². The molecule has 11 aromatic rings. The van der Waals surface area contributed by atoms with E-state index < -0.39 is 0 Å². The Morgan fingerprint density at radius 2 is 0.863 bits per heavy atom. The van der Waals surface area contributed by atoms with E-state index in [9.17, 15) is 4.79 Å². The van der Waals surface area contributed by atoms with Crippen molar-refractivity contribution >= 4 is 110 Å². The van der Waals surface area contributed by atoms with Crippen LogP contribution in [0.5, 0.6) is 0 Å². The molecule has 73 heavy (non-hydrogen) atoms. The van der Waals surface area contributed by atoms with Gasteiger partial charge >= 0.3 is 0 Å². The number of aromatic nitrogens is 6. The lowest BCUT2D eigenvalue weighted by Gasteiger charge is -2.10. The molecule has 1 amide bonds. The minimum atomic E-state index is 0.0112. The first-order valence-electron chi connectivity index (χ1n) is 22.6. The van der Waals surface area contributed by atoms with Gasteiger partial charge in [-0.1, -0.05) is 160 Å². The van der Waals surface area contributed by atoms with Crippen LogP contribution in [0.1, 0.15) is 5.56 Å². The Hall–Kier alpha value is -6.20. The Labute approximate surface area is 476 Å². The largest absolute Gasteiger partial charge is 0.325 e. The van der Waals surface area contributed by atoms with Crippen molar-refractivity contribution in [3.05, 3.63) is 269 Å². The summed E-state index contributed by atoms with van der Waals surface area (Å²) in [5, 5.41) is 18.1. The summed E-state index contributed by atoms with van der Waals surface area (Å²) in [7, 11) is 0. The molecule has 14 heteroatoms. The number of aromatic amines is 1. The fraction of sp³-hybridized carbons (Fsp3) is 0.0169. The fourth-order valence-electron chi connectivity index (χ4n) is 7.34. The number of carbonyl (C=O) groups excluding carboxylic acids is 1. The van der Waals surface area contributed by atoms with Crippen molar-refractivity contribution in [2.75, 3.05) is 5.32 Å². The summed E-state index contributed by atoms with van der Waals surface area (Å²) < 4.78 is 9.41. The van der Waals surface area contributed by atoms with Crippen LogP contribution in [0, 0.1) is 3.57 Å². The number of benzene rings is 8. The molecule has 0 fully saturated rings. The molecule has 0 saturated heterocycles. The highest BCUT2D eigenvalue weighted by atomic mass is 127. The van der Waals surface area contributed by atoms with Gasteiger partial charge in [0.15, 0.2) is 0 Å². The second kappa shape index (κ2) is 26.7. The first-order chi connectivity index (χ1) is 35.5. The number of nitrogens with one attached hydrogen (secondary N) is 2. The highest BCUT2D eigenvalue weighted by molar-refractivity contribution is 14.1. The Bertz CT molecular complexity index is 3330. The lowest BCUT2D eigenvalue weighted by Crippen LogP contribution is -2.03. The van der Waals surface area contributed by atoms with Gasteiger partial charge in [-0.3, -0.25) is 9.89 Å². The smallest absolute Gasteiger partial charge is 0.228 e. The van der Waals surface area contributed by atoms with Gasteiger partial charge in [0.05, 0.1) is 22.8 Å². The van der Waals surface area contributed by atoms with Crippen LogP contribution >= 0.6 is 97.9 Å². The highest BCUT2D eigenvalue weighted by Crippen LogP contribution is 2.36. The van der Waals surface area contributed by atoms with Crippen LogP contribution in [0.25, 0.3) is 55.9 Å². The third-order valence-corrected chi connectivity index (χ3v) is 14.2. The molecule has 0 unspecified atom stereocenters. The number of halogens is 6. The quantitative estimate of drug-likeness (QED) is 0.162. The second-order valence-corrected chi connectivity index (χ2v) is 21.3. The number of rotatable bonds is 6. The van der Waals surface area contributed by atoms with E-state index in [-0.39, 0.29) is 5.91 Å². The maximum atomic E-state index is 11.6. The standard InChI is InChI=1S/C23H16ClN3O.C15H11BrN2.C12H8Br2.C6H4BrI.C3H4N2/c24-21-14-22-18(13-23(28)26-22)12-20(21)17-4-2-15(3-5-17)16-6-8-19(9-7-16)27-11-1-10-25-27;16-14-6-2-12(3-7-14)13-4-8-15(9-5-13)18-11-1-10-17-18;13-11-5-1-9(2-6-11)10-3-7-12(14)8-4-10;7-5-1-3-6(8)4-2-5;1-2-4-5-3-1/h1-12,14H,13H2,(H,26,28);1-11H;1-8H;1-4H;1-3H,(H,4,5). The molecular formula is C59H43Br4ClIN7O. The maximum absolute atomic E-state index is 11.6. The number of anilines is 1. The van der Waals surface area contributed by atoms with Gasteiger partial charge in [0.25, 0.3) is 0 Å². The Morgan fingerprint density at radius 1 is 0.479 bits per heavy atom. The highest BCUT2D eigenvalue weighted by Gasteiger charge is 2.20. The SMILES string of the molecule is Brc1ccc(-c2ccc(-n3cccn3)cc2)cc1.Brc1ccc(-c2ccc(Br)cc2)cc1.Brc1ccc(I)cc1.O=C1Cc2cc(-c3ccc(-c4ccc(-n5cccn5)cc4)cc3)c(Cl)cc2N1.c1cn[nH]c1. The molecule has 0 spiro atoms. The summed E-state index contributed by atoms with van der Waals surface area (Å²) in [5.41, 5.74) is 13.0. The lowest BCUT2D eigenvalue weighted by atomic mass is 9.98. The fourth-order valence-corrected chi connectivity index (χ4v) is 9.03. The van der Waals surface area contributed by atoms with Crippen molar-refractivity contribution in [3.63, 3.8) is 0 Å². The zero-order valence-corrected chi connectivity index (χ0v) is 47.9. The van der Waals surface area contributed by atoms with E-state index in [4.69, 9.17) is 11.6 Å². The minimum absolute atomic E-state index is 0.0112. The third-order valence-electron chi connectivity index (χ3n) is 11.0. The van der Waals surface area contributed by atoms with Crippen LogP contribution in [0.15, 0.2) is 255 Å². The van der Waals surface area contributed by atoms with E-state index in [1.807, 2.05) is 64.2 Å².